The van der Waals surface area contributed by atoms with E-state index in [1.165, 1.54) is 11.3 Å². The van der Waals surface area contributed by atoms with Crippen molar-refractivity contribution in [3.8, 4) is 0 Å². The number of carbonyl (C=O) groups is 2. The summed E-state index contributed by atoms with van der Waals surface area (Å²) in [4.78, 5) is 28.9. The van der Waals surface area contributed by atoms with Crippen molar-refractivity contribution in [2.45, 2.75) is 18.4 Å². The molecule has 7 nitrogen and oxygen atoms in total. The Labute approximate surface area is 165 Å². The van der Waals surface area contributed by atoms with Crippen molar-refractivity contribution >= 4 is 39.1 Å². The molecule has 9 heteroatoms. The Morgan fingerprint density at radius 1 is 1.23 bits per heavy atom. The number of nitrogens with one attached hydrogen (secondary N) is 1. The summed E-state index contributed by atoms with van der Waals surface area (Å²) in [5.41, 5.74) is -0.749. The van der Waals surface area contributed by atoms with E-state index in [0.29, 0.717) is 50.6 Å². The maximum absolute atomic E-state index is 12.3. The fourth-order valence-corrected chi connectivity index (χ4v) is 4.60. The summed E-state index contributed by atoms with van der Waals surface area (Å²) in [5, 5.41) is 13.5. The molecule has 1 aromatic rings. The topological polar surface area (TPSA) is 82.1 Å². The Hall–Kier alpha value is -1.000. The van der Waals surface area contributed by atoms with Gasteiger partial charge in [0.1, 0.15) is 0 Å². The Bertz CT molecular complexity index is 640. The highest BCUT2D eigenvalue weighted by molar-refractivity contribution is 9.11. The number of aliphatic hydroxyl groups is 1. The molecule has 26 heavy (non-hydrogen) atoms. The Kier molecular flexibility index (Phi) is 6.68. The average molecular weight is 446 g/mol. The molecule has 0 aliphatic carbocycles. The number of thiophene rings is 1. The van der Waals surface area contributed by atoms with Gasteiger partial charge in [0, 0.05) is 32.7 Å². The quantitative estimate of drug-likeness (QED) is 0.704. The van der Waals surface area contributed by atoms with Crippen LogP contribution in [0.2, 0.25) is 0 Å². The van der Waals surface area contributed by atoms with Crippen LogP contribution in [0.5, 0.6) is 0 Å². The van der Waals surface area contributed by atoms with Gasteiger partial charge >= 0.3 is 0 Å². The van der Waals surface area contributed by atoms with Crippen LogP contribution in [0.15, 0.2) is 15.9 Å². The number of β-amino-alcohol motifs (C(OH)–C–C–N with tert-alkyl or cyclic N) is 1. The molecule has 3 heterocycles. The summed E-state index contributed by atoms with van der Waals surface area (Å²) in [6.07, 6.45) is 1.11. The van der Waals surface area contributed by atoms with Crippen LogP contribution in [-0.2, 0) is 9.53 Å². The zero-order chi connectivity index (χ0) is 18.6. The van der Waals surface area contributed by atoms with Gasteiger partial charge in [0.2, 0.25) is 5.91 Å². The number of amides is 2. The molecule has 2 aliphatic heterocycles. The fourth-order valence-electron chi connectivity index (χ4n) is 3.30. The van der Waals surface area contributed by atoms with Gasteiger partial charge in [-0.1, -0.05) is 0 Å². The lowest BCUT2D eigenvalue weighted by Gasteiger charge is -2.41. The smallest absolute Gasteiger partial charge is 0.261 e. The molecule has 2 saturated heterocycles. The fraction of sp³-hybridized carbons (Fsp3) is 0.647. The highest BCUT2D eigenvalue weighted by atomic mass is 79.9. The molecule has 0 atom stereocenters. The number of nitrogens with zero attached hydrogens (tertiary/aromatic N) is 2. The molecule has 2 N–H and O–H groups in total. The largest absolute Gasteiger partial charge is 0.388 e. The van der Waals surface area contributed by atoms with E-state index in [0.717, 1.165) is 16.9 Å². The first kappa shape index (κ1) is 19.8. The number of rotatable bonds is 5. The van der Waals surface area contributed by atoms with Crippen LogP contribution < -0.4 is 5.32 Å². The normalized spacial score (nSPS) is 20.8. The van der Waals surface area contributed by atoms with E-state index in [1.807, 2.05) is 0 Å². The highest BCUT2D eigenvalue weighted by Gasteiger charge is 2.35. The molecule has 0 bridgehead atoms. The Morgan fingerprint density at radius 2 is 1.92 bits per heavy atom. The first-order valence-electron chi connectivity index (χ1n) is 8.79. The molecule has 0 unspecified atom stereocenters. The van der Waals surface area contributed by atoms with Gasteiger partial charge in [-0.05, 0) is 40.9 Å². The standard InChI is InChI=1S/C17H24BrN3O4S/c18-14-2-1-13(26-14)16(23)19-11-15(22)21-5-3-17(24,4-6-21)12-20-7-9-25-10-8-20/h1-2,24H,3-12H2,(H,19,23). The minimum Gasteiger partial charge on any atom is -0.388 e. The van der Waals surface area contributed by atoms with Gasteiger partial charge in [-0.2, -0.15) is 0 Å². The molecule has 144 valence electrons. The maximum atomic E-state index is 12.3. The molecule has 3 rings (SSSR count). The van der Waals surface area contributed by atoms with Gasteiger partial charge in [0.05, 0.1) is 34.0 Å². The molecule has 0 saturated carbocycles. The Balaban J connectivity index is 1.42. The van der Waals surface area contributed by atoms with Gasteiger partial charge in [-0.25, -0.2) is 0 Å². The van der Waals surface area contributed by atoms with Gasteiger partial charge in [-0.15, -0.1) is 11.3 Å². The number of piperidine rings is 1. The van der Waals surface area contributed by atoms with Crippen LogP contribution in [0.25, 0.3) is 0 Å². The lowest BCUT2D eigenvalue weighted by molar-refractivity contribution is -0.135. The second-order valence-corrected chi connectivity index (χ2v) is 9.24. The van der Waals surface area contributed by atoms with Gasteiger partial charge in [0.25, 0.3) is 5.91 Å². The van der Waals surface area contributed by atoms with Crippen LogP contribution >= 0.6 is 27.3 Å². The predicted octanol–water partition coefficient (Wildman–Crippen LogP) is 0.926. The number of morpholine rings is 1. The van der Waals surface area contributed by atoms with Crippen molar-refractivity contribution in [2.24, 2.45) is 0 Å². The number of ether oxygens (including phenoxy) is 1. The number of halogens is 1. The summed E-state index contributed by atoms with van der Waals surface area (Å²) < 4.78 is 6.22. The van der Waals surface area contributed by atoms with Crippen molar-refractivity contribution in [2.75, 3.05) is 52.5 Å². The van der Waals surface area contributed by atoms with E-state index >= 15 is 0 Å². The number of hydrogen-bond acceptors (Lipinski definition) is 6. The summed E-state index contributed by atoms with van der Waals surface area (Å²) >= 11 is 4.65. The SMILES string of the molecule is O=C(NCC(=O)N1CCC(O)(CN2CCOCC2)CC1)c1ccc(Br)s1. The minimum absolute atomic E-state index is 0.0176. The molecule has 0 aromatic carbocycles. The summed E-state index contributed by atoms with van der Waals surface area (Å²) in [6.45, 7) is 4.74. The van der Waals surface area contributed by atoms with Crippen LogP contribution in [0.4, 0.5) is 0 Å². The number of likely N-dealkylation sites (tertiary alicyclic amines) is 1. The van der Waals surface area contributed by atoms with E-state index in [2.05, 4.69) is 26.1 Å². The first-order chi connectivity index (χ1) is 12.5. The van der Waals surface area contributed by atoms with E-state index in [1.54, 1.807) is 17.0 Å². The predicted molar refractivity (Wildman–Crippen MR) is 102 cm³/mol. The zero-order valence-electron chi connectivity index (χ0n) is 14.6. The van der Waals surface area contributed by atoms with E-state index in [4.69, 9.17) is 4.74 Å². The van der Waals surface area contributed by atoms with E-state index in [9.17, 15) is 14.7 Å². The van der Waals surface area contributed by atoms with Gasteiger partial charge in [-0.3, -0.25) is 14.5 Å². The summed E-state index contributed by atoms with van der Waals surface area (Å²) in [7, 11) is 0. The van der Waals surface area contributed by atoms with Crippen molar-refractivity contribution in [1.29, 1.82) is 0 Å². The summed E-state index contributed by atoms with van der Waals surface area (Å²) in [6, 6.07) is 3.53. The zero-order valence-corrected chi connectivity index (χ0v) is 17.0. The third-order valence-electron chi connectivity index (χ3n) is 4.87. The molecule has 0 radical (unpaired) electrons. The second-order valence-electron chi connectivity index (χ2n) is 6.78. The average Bonchev–Trinajstić information content (AvgIpc) is 3.07. The maximum Gasteiger partial charge on any atom is 0.261 e. The third kappa shape index (κ3) is 5.26. The van der Waals surface area contributed by atoms with Crippen LogP contribution in [0.3, 0.4) is 0 Å². The molecule has 2 fully saturated rings. The molecular weight excluding hydrogens is 422 g/mol. The molecule has 1 aromatic heterocycles. The lowest BCUT2D eigenvalue weighted by Crippen LogP contribution is -2.54. The molecule has 0 spiro atoms. The highest BCUT2D eigenvalue weighted by Crippen LogP contribution is 2.24. The van der Waals surface area contributed by atoms with Crippen molar-refractivity contribution in [3.05, 3.63) is 20.8 Å². The van der Waals surface area contributed by atoms with Crippen LogP contribution in [0.1, 0.15) is 22.5 Å². The summed E-state index contributed by atoms with van der Waals surface area (Å²) in [5.74, 6) is -0.350. The van der Waals surface area contributed by atoms with Crippen LogP contribution in [-0.4, -0.2) is 84.8 Å². The third-order valence-corrected chi connectivity index (χ3v) is 6.49. The first-order valence-corrected chi connectivity index (χ1v) is 10.4. The molecular formula is C17H24BrN3O4S. The monoisotopic (exact) mass is 445 g/mol. The lowest BCUT2D eigenvalue weighted by atomic mass is 9.90. The van der Waals surface area contributed by atoms with Gasteiger partial charge < -0.3 is 20.1 Å². The van der Waals surface area contributed by atoms with Crippen molar-refractivity contribution < 1.29 is 19.4 Å². The second kappa shape index (κ2) is 8.79. The van der Waals surface area contributed by atoms with Gasteiger partial charge in [0.15, 0.2) is 0 Å². The minimum atomic E-state index is -0.749. The van der Waals surface area contributed by atoms with Crippen LogP contribution in [0, 0.1) is 0 Å². The molecule has 2 amide bonds. The number of hydrogen-bond donors (Lipinski definition) is 2. The molecule has 2 aliphatic rings. The van der Waals surface area contributed by atoms with Crippen molar-refractivity contribution in [1.82, 2.24) is 15.1 Å². The van der Waals surface area contributed by atoms with E-state index in [-0.39, 0.29) is 18.4 Å². The van der Waals surface area contributed by atoms with E-state index < -0.39 is 5.60 Å². The van der Waals surface area contributed by atoms with Crippen molar-refractivity contribution in [3.63, 3.8) is 0 Å². The Morgan fingerprint density at radius 3 is 2.54 bits per heavy atom. The number of carbonyl (C=O) groups excluding carboxylic acids is 2.